The summed E-state index contributed by atoms with van der Waals surface area (Å²) >= 11 is 0. The number of benzene rings is 2. The molecular weight excluding hydrogens is 270 g/mol. The molecule has 0 aliphatic carbocycles. The summed E-state index contributed by atoms with van der Waals surface area (Å²) < 4.78 is 0. The van der Waals surface area contributed by atoms with Crippen LogP contribution in [0.25, 0.3) is 21.8 Å². The molecule has 0 aliphatic rings. The van der Waals surface area contributed by atoms with Gasteiger partial charge in [-0.1, -0.05) is 50.2 Å². The first kappa shape index (κ1) is 14.8. The maximum Gasteiger partial charge on any atom is 0.0730 e. The van der Waals surface area contributed by atoms with Gasteiger partial charge in [-0.3, -0.25) is 0 Å². The first-order chi connectivity index (χ1) is 10.8. The molecule has 0 bridgehead atoms. The average Bonchev–Trinajstić information content (AvgIpc) is 2.58. The van der Waals surface area contributed by atoms with Gasteiger partial charge in [-0.2, -0.15) is 0 Å². The number of pyridine rings is 1. The summed E-state index contributed by atoms with van der Waals surface area (Å²) in [5.74, 6) is 0. The van der Waals surface area contributed by atoms with Crippen molar-refractivity contribution in [1.82, 2.24) is 9.88 Å². The number of para-hydroxylation sites is 2. The van der Waals surface area contributed by atoms with Gasteiger partial charge < -0.3 is 10.2 Å². The van der Waals surface area contributed by atoms with Crippen LogP contribution in [0.5, 0.6) is 0 Å². The van der Waals surface area contributed by atoms with Crippen LogP contribution >= 0.6 is 0 Å². The molecule has 0 atom stereocenters. The molecule has 0 aliphatic heterocycles. The van der Waals surface area contributed by atoms with Crippen molar-refractivity contribution in [3.05, 3.63) is 48.5 Å². The topological polar surface area (TPSA) is 28.2 Å². The molecule has 0 amide bonds. The Kier molecular flexibility index (Phi) is 4.54. The minimum absolute atomic E-state index is 0.944. The Bertz CT molecular complexity index is 709. The Morgan fingerprint density at radius 2 is 1.41 bits per heavy atom. The summed E-state index contributed by atoms with van der Waals surface area (Å²) in [6.45, 7) is 8.60. The molecule has 0 saturated carbocycles. The van der Waals surface area contributed by atoms with E-state index in [1.54, 1.807) is 0 Å². The van der Waals surface area contributed by atoms with Gasteiger partial charge in [0.1, 0.15) is 0 Å². The van der Waals surface area contributed by atoms with Gasteiger partial charge in [-0.25, -0.2) is 4.98 Å². The van der Waals surface area contributed by atoms with Crippen molar-refractivity contribution in [3.8, 4) is 0 Å². The fourth-order valence-electron chi connectivity index (χ4n) is 2.91. The summed E-state index contributed by atoms with van der Waals surface area (Å²) in [4.78, 5) is 7.19. The highest BCUT2D eigenvalue weighted by Gasteiger charge is 2.08. The summed E-state index contributed by atoms with van der Waals surface area (Å²) in [7, 11) is 0. The molecule has 2 aromatic carbocycles. The van der Waals surface area contributed by atoms with Crippen molar-refractivity contribution >= 4 is 27.5 Å². The monoisotopic (exact) mass is 293 g/mol. The number of fused-ring (bicyclic) bond motifs is 2. The van der Waals surface area contributed by atoms with Crippen LogP contribution < -0.4 is 5.32 Å². The molecule has 3 heteroatoms. The van der Waals surface area contributed by atoms with Crippen molar-refractivity contribution in [1.29, 1.82) is 0 Å². The number of nitrogens with one attached hydrogen (secondary N) is 1. The lowest BCUT2D eigenvalue weighted by Crippen LogP contribution is -2.28. The van der Waals surface area contributed by atoms with Crippen LogP contribution in [-0.4, -0.2) is 36.1 Å². The van der Waals surface area contributed by atoms with Gasteiger partial charge >= 0.3 is 0 Å². The molecule has 1 heterocycles. The molecule has 3 rings (SSSR count). The van der Waals surface area contributed by atoms with Crippen LogP contribution in [0.3, 0.4) is 0 Å². The number of aromatic nitrogens is 1. The molecule has 0 fully saturated rings. The largest absolute Gasteiger partial charge is 0.383 e. The number of likely N-dealkylation sites (N-methyl/N-ethyl adjacent to an activating group) is 1. The maximum absolute atomic E-state index is 4.76. The Balaban J connectivity index is 1.97. The predicted octanol–water partition coefficient (Wildman–Crippen LogP) is 4.14. The Labute approximate surface area is 132 Å². The zero-order chi connectivity index (χ0) is 15.4. The van der Waals surface area contributed by atoms with Gasteiger partial charge in [-0.15, -0.1) is 0 Å². The van der Waals surface area contributed by atoms with Crippen molar-refractivity contribution < 1.29 is 0 Å². The van der Waals surface area contributed by atoms with Crippen molar-refractivity contribution in [3.63, 3.8) is 0 Å². The molecule has 114 valence electrons. The lowest BCUT2D eigenvalue weighted by Gasteiger charge is -2.19. The van der Waals surface area contributed by atoms with Crippen molar-refractivity contribution in [2.75, 3.05) is 31.5 Å². The average molecular weight is 293 g/mol. The SMILES string of the molecule is CCN(CC)CCNc1c2ccccc2nc2ccccc12. The van der Waals surface area contributed by atoms with Gasteiger partial charge in [0.25, 0.3) is 0 Å². The minimum Gasteiger partial charge on any atom is -0.383 e. The predicted molar refractivity (Wildman–Crippen MR) is 95.5 cm³/mol. The van der Waals surface area contributed by atoms with Gasteiger partial charge in [-0.05, 0) is 25.2 Å². The van der Waals surface area contributed by atoms with Crippen molar-refractivity contribution in [2.45, 2.75) is 13.8 Å². The number of anilines is 1. The summed E-state index contributed by atoms with van der Waals surface area (Å²) in [6.07, 6.45) is 0. The van der Waals surface area contributed by atoms with Gasteiger partial charge in [0.15, 0.2) is 0 Å². The first-order valence-corrected chi connectivity index (χ1v) is 8.07. The summed E-state index contributed by atoms with van der Waals surface area (Å²) in [5, 5.41) is 6.04. The van der Waals surface area contributed by atoms with E-state index in [1.165, 1.54) is 16.5 Å². The molecule has 1 N–H and O–H groups in total. The number of hydrogen-bond acceptors (Lipinski definition) is 3. The van der Waals surface area contributed by atoms with Gasteiger partial charge in [0.05, 0.1) is 16.7 Å². The normalized spacial score (nSPS) is 11.4. The van der Waals surface area contributed by atoms with Gasteiger partial charge in [0, 0.05) is 23.9 Å². The molecule has 0 unspecified atom stereocenters. The molecule has 0 spiro atoms. The third kappa shape index (κ3) is 2.90. The van der Waals surface area contributed by atoms with E-state index >= 15 is 0 Å². The lowest BCUT2D eigenvalue weighted by molar-refractivity contribution is 0.316. The zero-order valence-corrected chi connectivity index (χ0v) is 13.3. The Morgan fingerprint density at radius 1 is 0.864 bits per heavy atom. The quantitative estimate of drug-likeness (QED) is 0.692. The third-order valence-electron chi connectivity index (χ3n) is 4.21. The molecule has 0 radical (unpaired) electrons. The van der Waals surface area contributed by atoms with E-state index in [4.69, 9.17) is 4.98 Å². The van der Waals surface area contributed by atoms with E-state index in [1.807, 2.05) is 12.1 Å². The van der Waals surface area contributed by atoms with E-state index in [0.29, 0.717) is 0 Å². The molecule has 0 saturated heterocycles. The van der Waals surface area contributed by atoms with E-state index in [2.05, 4.69) is 60.5 Å². The Morgan fingerprint density at radius 3 is 1.95 bits per heavy atom. The fraction of sp³-hybridized carbons (Fsp3) is 0.316. The number of rotatable bonds is 6. The van der Waals surface area contributed by atoms with Crippen molar-refractivity contribution in [2.24, 2.45) is 0 Å². The first-order valence-electron chi connectivity index (χ1n) is 8.07. The molecule has 1 aromatic heterocycles. The van der Waals surface area contributed by atoms with E-state index in [-0.39, 0.29) is 0 Å². The van der Waals surface area contributed by atoms with Crippen LogP contribution in [0.2, 0.25) is 0 Å². The van der Waals surface area contributed by atoms with E-state index in [0.717, 1.165) is 37.2 Å². The Hall–Kier alpha value is -2.13. The zero-order valence-electron chi connectivity index (χ0n) is 13.3. The molecule has 3 aromatic rings. The van der Waals surface area contributed by atoms with Crippen LogP contribution in [-0.2, 0) is 0 Å². The summed E-state index contributed by atoms with van der Waals surface area (Å²) in [5.41, 5.74) is 3.30. The van der Waals surface area contributed by atoms with E-state index in [9.17, 15) is 0 Å². The molecule has 3 nitrogen and oxygen atoms in total. The molecule has 22 heavy (non-hydrogen) atoms. The van der Waals surface area contributed by atoms with Crippen LogP contribution in [0.4, 0.5) is 5.69 Å². The lowest BCUT2D eigenvalue weighted by atomic mass is 10.1. The number of nitrogens with zero attached hydrogens (tertiary/aromatic N) is 2. The van der Waals surface area contributed by atoms with E-state index < -0.39 is 0 Å². The minimum atomic E-state index is 0.944. The third-order valence-corrected chi connectivity index (χ3v) is 4.21. The fourth-order valence-corrected chi connectivity index (χ4v) is 2.91. The highest BCUT2D eigenvalue weighted by atomic mass is 15.1. The smallest absolute Gasteiger partial charge is 0.0730 e. The van der Waals surface area contributed by atoms with Gasteiger partial charge in [0.2, 0.25) is 0 Å². The molecular formula is C19H23N3. The van der Waals surface area contributed by atoms with Crippen LogP contribution in [0.15, 0.2) is 48.5 Å². The standard InChI is InChI=1S/C19H23N3/c1-3-22(4-2)14-13-20-19-15-9-5-7-11-17(15)21-18-12-8-6-10-16(18)19/h5-12H,3-4,13-14H2,1-2H3,(H,20,21). The second kappa shape index (κ2) is 6.75. The maximum atomic E-state index is 4.76. The number of hydrogen-bond donors (Lipinski definition) is 1. The highest BCUT2D eigenvalue weighted by molar-refractivity contribution is 6.07. The second-order valence-corrected chi connectivity index (χ2v) is 5.47. The summed E-state index contributed by atoms with van der Waals surface area (Å²) in [6, 6.07) is 16.7. The second-order valence-electron chi connectivity index (χ2n) is 5.47. The van der Waals surface area contributed by atoms with Crippen LogP contribution in [0.1, 0.15) is 13.8 Å². The van der Waals surface area contributed by atoms with Crippen LogP contribution in [0, 0.1) is 0 Å². The highest BCUT2D eigenvalue weighted by Crippen LogP contribution is 2.30.